The molecule has 4 nitrogen and oxygen atoms in total. The zero-order valence-electron chi connectivity index (χ0n) is 20.3. The van der Waals surface area contributed by atoms with Gasteiger partial charge >= 0.3 is 0 Å². The van der Waals surface area contributed by atoms with E-state index < -0.39 is 6.10 Å². The first-order valence-corrected chi connectivity index (χ1v) is 13.2. The van der Waals surface area contributed by atoms with Crippen molar-refractivity contribution >= 4 is 57.8 Å². The summed E-state index contributed by atoms with van der Waals surface area (Å²) < 4.78 is 6.40. The molecule has 0 radical (unpaired) electrons. The number of nitrogens with zero attached hydrogens (tertiary/aromatic N) is 2. The molecule has 188 valence electrons. The number of hydrogen-bond donors (Lipinski definition) is 1. The van der Waals surface area contributed by atoms with Crippen LogP contribution < -0.4 is 14.5 Å². The van der Waals surface area contributed by atoms with Crippen molar-refractivity contribution < 1.29 is 9.84 Å². The lowest BCUT2D eigenvalue weighted by Gasteiger charge is -2.26. The largest absolute Gasteiger partial charge is 0.505 e. The fourth-order valence-electron chi connectivity index (χ4n) is 4.05. The predicted molar refractivity (Wildman–Crippen MR) is 151 cm³/mol. The maximum absolute atomic E-state index is 10.1. The van der Waals surface area contributed by atoms with Crippen LogP contribution in [0.2, 0.25) is 20.1 Å². The van der Waals surface area contributed by atoms with Gasteiger partial charge < -0.3 is 19.6 Å². The molecule has 0 unspecified atom stereocenters. The molecule has 0 amide bonds. The van der Waals surface area contributed by atoms with Crippen molar-refractivity contribution in [3.05, 3.63) is 79.7 Å². The van der Waals surface area contributed by atoms with Gasteiger partial charge in [0, 0.05) is 37.6 Å². The molecule has 0 aliphatic carbocycles. The molecule has 0 aliphatic rings. The number of aromatic hydroxyl groups is 1. The average Bonchev–Trinajstić information content (AvgIpc) is 2.89. The van der Waals surface area contributed by atoms with Gasteiger partial charge in [-0.1, -0.05) is 70.7 Å². The second kappa shape index (κ2) is 12.3. The van der Waals surface area contributed by atoms with Crippen molar-refractivity contribution in [2.45, 2.75) is 33.8 Å². The number of ether oxygens (including phenoxy) is 1. The standard InChI is InChI=1S/C27H30Cl4N2O2/c1-5-32(6-2)19-13-9-17(10-14-19)26(18-11-15-20(16-12-18)33(7-3)8-4)35-27-23(30)21(28)25(34)22(29)24(27)31/h9-16,26,34H,5-8H2,1-4H3. The lowest BCUT2D eigenvalue weighted by molar-refractivity contribution is 0.247. The van der Waals surface area contributed by atoms with Crippen molar-refractivity contribution in [3.8, 4) is 11.5 Å². The molecule has 0 aliphatic heterocycles. The first kappa shape index (κ1) is 27.6. The van der Waals surface area contributed by atoms with Gasteiger partial charge in [-0.15, -0.1) is 0 Å². The Morgan fingerprint density at radius 1 is 0.629 bits per heavy atom. The third kappa shape index (κ3) is 5.89. The fourth-order valence-corrected chi connectivity index (χ4v) is 4.96. The molecule has 3 aromatic rings. The van der Waals surface area contributed by atoms with Gasteiger partial charge in [0.05, 0.1) is 0 Å². The Morgan fingerprint density at radius 3 is 1.29 bits per heavy atom. The summed E-state index contributed by atoms with van der Waals surface area (Å²) in [6.07, 6.45) is -0.543. The van der Waals surface area contributed by atoms with Gasteiger partial charge in [0.15, 0.2) is 11.5 Å². The Bertz CT molecular complexity index is 1040. The highest BCUT2D eigenvalue weighted by molar-refractivity contribution is 6.50. The van der Waals surface area contributed by atoms with Crippen molar-refractivity contribution in [2.24, 2.45) is 0 Å². The molecule has 0 spiro atoms. The summed E-state index contributed by atoms with van der Waals surface area (Å²) in [5.41, 5.74) is 4.07. The van der Waals surface area contributed by atoms with Gasteiger partial charge in [-0.2, -0.15) is 0 Å². The van der Waals surface area contributed by atoms with Crippen LogP contribution in [0.4, 0.5) is 11.4 Å². The van der Waals surface area contributed by atoms with Crippen LogP contribution in [0, 0.1) is 0 Å². The van der Waals surface area contributed by atoms with E-state index in [0.717, 1.165) is 48.7 Å². The van der Waals surface area contributed by atoms with E-state index in [1.54, 1.807) is 0 Å². The highest BCUT2D eigenvalue weighted by Gasteiger charge is 2.26. The second-order valence-electron chi connectivity index (χ2n) is 7.96. The molecule has 35 heavy (non-hydrogen) atoms. The van der Waals surface area contributed by atoms with Gasteiger partial charge in [-0.25, -0.2) is 0 Å². The second-order valence-corrected chi connectivity index (χ2v) is 9.47. The molecular weight excluding hydrogens is 526 g/mol. The SMILES string of the molecule is CCN(CC)c1ccc(C(Oc2c(Cl)c(Cl)c(O)c(Cl)c2Cl)c2ccc(N(CC)CC)cc2)cc1. The maximum Gasteiger partial charge on any atom is 0.161 e. The van der Waals surface area contributed by atoms with Crippen molar-refractivity contribution in [1.82, 2.24) is 0 Å². The number of anilines is 2. The molecule has 0 fully saturated rings. The van der Waals surface area contributed by atoms with Crippen LogP contribution in [-0.4, -0.2) is 31.3 Å². The quantitative estimate of drug-likeness (QED) is 0.253. The smallest absolute Gasteiger partial charge is 0.161 e. The Labute approximate surface area is 227 Å². The van der Waals surface area contributed by atoms with E-state index in [2.05, 4.69) is 61.8 Å². The zero-order chi connectivity index (χ0) is 25.7. The number of benzene rings is 3. The number of halogens is 4. The molecule has 0 saturated heterocycles. The van der Waals surface area contributed by atoms with Crippen LogP contribution in [-0.2, 0) is 0 Å². The third-order valence-corrected chi connectivity index (χ3v) is 7.74. The number of hydrogen-bond acceptors (Lipinski definition) is 4. The first-order valence-electron chi connectivity index (χ1n) is 11.7. The van der Waals surface area contributed by atoms with Crippen molar-refractivity contribution in [3.63, 3.8) is 0 Å². The number of rotatable bonds is 10. The summed E-state index contributed by atoms with van der Waals surface area (Å²) in [5.74, 6) is -0.258. The normalized spacial score (nSPS) is 11.1. The van der Waals surface area contributed by atoms with Gasteiger partial charge in [0.2, 0.25) is 0 Å². The summed E-state index contributed by atoms with van der Waals surface area (Å²) in [5, 5.41) is 9.91. The number of phenols is 1. The topological polar surface area (TPSA) is 35.9 Å². The molecular formula is C27H30Cl4N2O2. The van der Waals surface area contributed by atoms with Crippen molar-refractivity contribution in [1.29, 1.82) is 0 Å². The highest BCUT2D eigenvalue weighted by atomic mass is 35.5. The Morgan fingerprint density at radius 2 is 0.971 bits per heavy atom. The van der Waals surface area contributed by atoms with Gasteiger partial charge in [-0.05, 0) is 63.1 Å². The molecule has 8 heteroatoms. The number of phenolic OH excluding ortho intramolecular Hbond substituents is 1. The van der Waals surface area contributed by atoms with Crippen LogP contribution >= 0.6 is 46.4 Å². The summed E-state index contributed by atoms with van der Waals surface area (Å²) in [6.45, 7) is 12.2. The summed E-state index contributed by atoms with van der Waals surface area (Å²) in [6, 6.07) is 16.4. The monoisotopic (exact) mass is 554 g/mol. The summed E-state index contributed by atoms with van der Waals surface area (Å²) >= 11 is 25.2. The van der Waals surface area contributed by atoms with Crippen LogP contribution in [0.25, 0.3) is 0 Å². The van der Waals surface area contributed by atoms with E-state index in [-0.39, 0.29) is 31.6 Å². The van der Waals surface area contributed by atoms with Gasteiger partial charge in [0.25, 0.3) is 0 Å². The average molecular weight is 556 g/mol. The Kier molecular flexibility index (Phi) is 9.71. The van der Waals surface area contributed by atoms with Crippen LogP contribution in [0.1, 0.15) is 44.9 Å². The molecule has 3 aromatic carbocycles. The van der Waals surface area contributed by atoms with E-state index in [4.69, 9.17) is 51.1 Å². The minimum absolute atomic E-state index is 0.00286. The van der Waals surface area contributed by atoms with E-state index in [1.807, 2.05) is 24.3 Å². The molecule has 3 rings (SSSR count). The predicted octanol–water partition coefficient (Wildman–Crippen LogP) is 8.87. The lowest BCUT2D eigenvalue weighted by atomic mass is 10.00. The Balaban J connectivity index is 2.08. The molecule has 0 saturated carbocycles. The fraction of sp³-hybridized carbons (Fsp3) is 0.333. The maximum atomic E-state index is 10.1. The molecule has 0 atom stereocenters. The zero-order valence-corrected chi connectivity index (χ0v) is 23.3. The van der Waals surface area contributed by atoms with E-state index in [0.29, 0.717) is 0 Å². The molecule has 0 bridgehead atoms. The van der Waals surface area contributed by atoms with Crippen molar-refractivity contribution in [2.75, 3.05) is 36.0 Å². The van der Waals surface area contributed by atoms with E-state index in [1.165, 1.54) is 0 Å². The van der Waals surface area contributed by atoms with E-state index >= 15 is 0 Å². The van der Waals surface area contributed by atoms with Gasteiger partial charge in [-0.3, -0.25) is 0 Å². The van der Waals surface area contributed by atoms with Gasteiger partial charge in [0.1, 0.15) is 26.2 Å². The summed E-state index contributed by atoms with van der Waals surface area (Å²) in [4.78, 5) is 4.54. The molecule has 0 aromatic heterocycles. The minimum Gasteiger partial charge on any atom is -0.505 e. The summed E-state index contributed by atoms with van der Waals surface area (Å²) in [7, 11) is 0. The minimum atomic E-state index is -0.543. The highest BCUT2D eigenvalue weighted by Crippen LogP contribution is 2.51. The lowest BCUT2D eigenvalue weighted by Crippen LogP contribution is -2.22. The van der Waals surface area contributed by atoms with E-state index in [9.17, 15) is 5.11 Å². The van der Waals surface area contributed by atoms with Crippen LogP contribution in [0.3, 0.4) is 0 Å². The first-order chi connectivity index (χ1) is 16.8. The molecule has 0 heterocycles. The third-order valence-electron chi connectivity index (χ3n) is 6.08. The van der Waals surface area contributed by atoms with Crippen LogP contribution in [0.5, 0.6) is 11.5 Å². The van der Waals surface area contributed by atoms with Crippen LogP contribution in [0.15, 0.2) is 48.5 Å². The Hall–Kier alpha value is -1.98. The molecule has 1 N–H and O–H groups in total.